The lowest BCUT2D eigenvalue weighted by molar-refractivity contribution is 0.380. The largest absolute Gasteiger partial charge is 0.142 e. The molecule has 0 aliphatic carbocycles. The molecule has 86 valence electrons. The van der Waals surface area contributed by atoms with E-state index in [9.17, 15) is 0 Å². The van der Waals surface area contributed by atoms with Gasteiger partial charge in [0, 0.05) is 10.00 Å². The predicted octanol–water partition coefficient (Wildman–Crippen LogP) is 4.82. The Balaban J connectivity index is 2.80. The van der Waals surface area contributed by atoms with Crippen molar-refractivity contribution in [2.24, 2.45) is 5.92 Å². The van der Waals surface area contributed by atoms with Crippen LogP contribution in [0.2, 0.25) is 0 Å². The van der Waals surface area contributed by atoms with E-state index in [2.05, 4.69) is 52.6 Å². The van der Waals surface area contributed by atoms with Crippen LogP contribution in [0.1, 0.15) is 47.0 Å². The summed E-state index contributed by atoms with van der Waals surface area (Å²) in [6.07, 6.45) is 3.63. The molecule has 3 atom stereocenters. The highest BCUT2D eigenvalue weighted by Gasteiger charge is 2.52. The first-order valence-corrected chi connectivity index (χ1v) is 6.89. The zero-order chi connectivity index (χ0) is 11.6. The van der Waals surface area contributed by atoms with Gasteiger partial charge in [0.05, 0.1) is 0 Å². The molecule has 0 amide bonds. The van der Waals surface area contributed by atoms with Gasteiger partial charge in [0.2, 0.25) is 0 Å². The zero-order valence-corrected chi connectivity index (χ0v) is 11.4. The van der Waals surface area contributed by atoms with E-state index < -0.39 is 0 Å². The van der Waals surface area contributed by atoms with Gasteiger partial charge >= 0.3 is 0 Å². The standard InChI is InChI=1S/C14H24S/c1-7-9-14(11(5)8-2)12(6)13(15-14)10(3)4/h12-13H,3,5,7-9H2,1-2,4,6H3. The Morgan fingerprint density at radius 3 is 2.27 bits per heavy atom. The van der Waals surface area contributed by atoms with Gasteiger partial charge in [-0.2, -0.15) is 0 Å². The SMILES string of the molecule is C=C(C)C1SC(CCC)(C(=C)CC)C1C. The summed E-state index contributed by atoms with van der Waals surface area (Å²) in [4.78, 5) is 0. The molecular formula is C14H24S. The summed E-state index contributed by atoms with van der Waals surface area (Å²) >= 11 is 2.10. The Labute approximate surface area is 99.2 Å². The molecule has 15 heavy (non-hydrogen) atoms. The first-order valence-electron chi connectivity index (χ1n) is 6.01. The van der Waals surface area contributed by atoms with Gasteiger partial charge in [0.1, 0.15) is 0 Å². The van der Waals surface area contributed by atoms with Gasteiger partial charge in [0.15, 0.2) is 0 Å². The lowest BCUT2D eigenvalue weighted by Gasteiger charge is -2.55. The van der Waals surface area contributed by atoms with Crippen LogP contribution in [0.3, 0.4) is 0 Å². The first kappa shape index (κ1) is 12.9. The van der Waals surface area contributed by atoms with Gasteiger partial charge in [0.25, 0.3) is 0 Å². The fourth-order valence-corrected chi connectivity index (χ4v) is 4.52. The minimum absolute atomic E-state index is 0.354. The van der Waals surface area contributed by atoms with Crippen LogP contribution in [0.4, 0.5) is 0 Å². The van der Waals surface area contributed by atoms with Gasteiger partial charge in [-0.15, -0.1) is 11.8 Å². The molecule has 1 aliphatic rings. The summed E-state index contributed by atoms with van der Waals surface area (Å²) in [5, 5.41) is 0.653. The van der Waals surface area contributed by atoms with E-state index in [1.165, 1.54) is 24.0 Å². The Morgan fingerprint density at radius 2 is 1.93 bits per heavy atom. The Bertz CT molecular complexity index is 267. The molecule has 0 bridgehead atoms. The first-order chi connectivity index (χ1) is 6.99. The summed E-state index contributed by atoms with van der Waals surface area (Å²) in [5.41, 5.74) is 2.75. The summed E-state index contributed by atoms with van der Waals surface area (Å²) < 4.78 is 0.354. The van der Waals surface area contributed by atoms with E-state index in [0.717, 1.165) is 6.42 Å². The van der Waals surface area contributed by atoms with Crippen LogP contribution in [-0.4, -0.2) is 10.00 Å². The fourth-order valence-electron chi connectivity index (χ4n) is 2.67. The van der Waals surface area contributed by atoms with E-state index >= 15 is 0 Å². The monoisotopic (exact) mass is 224 g/mol. The zero-order valence-electron chi connectivity index (χ0n) is 10.6. The molecule has 1 fully saturated rings. The second-order valence-electron chi connectivity index (χ2n) is 4.77. The van der Waals surface area contributed by atoms with Crippen LogP contribution in [0.15, 0.2) is 24.3 Å². The summed E-state index contributed by atoms with van der Waals surface area (Å²) in [6, 6.07) is 0. The van der Waals surface area contributed by atoms with Crippen LogP contribution < -0.4 is 0 Å². The van der Waals surface area contributed by atoms with Gasteiger partial charge in [-0.3, -0.25) is 0 Å². The number of rotatable bonds is 5. The number of hydrogen-bond donors (Lipinski definition) is 0. The molecule has 0 radical (unpaired) electrons. The quantitative estimate of drug-likeness (QED) is 0.603. The maximum atomic E-state index is 4.28. The molecule has 0 aromatic rings. The maximum Gasteiger partial charge on any atom is 0.0410 e. The van der Waals surface area contributed by atoms with E-state index in [1.54, 1.807) is 0 Å². The summed E-state index contributed by atoms with van der Waals surface area (Å²) in [6.45, 7) is 17.4. The number of hydrogen-bond acceptors (Lipinski definition) is 1. The number of thioether (sulfide) groups is 1. The average Bonchev–Trinajstić information content (AvgIpc) is 2.21. The Hall–Kier alpha value is -0.170. The molecule has 1 rings (SSSR count). The van der Waals surface area contributed by atoms with Crippen molar-refractivity contribution in [3.05, 3.63) is 24.3 Å². The second-order valence-corrected chi connectivity index (χ2v) is 6.24. The topological polar surface area (TPSA) is 0 Å². The third kappa shape index (κ3) is 2.04. The maximum absolute atomic E-state index is 4.28. The van der Waals surface area contributed by atoms with Crippen LogP contribution >= 0.6 is 11.8 Å². The highest BCUT2D eigenvalue weighted by atomic mass is 32.2. The van der Waals surface area contributed by atoms with Crippen molar-refractivity contribution in [3.8, 4) is 0 Å². The molecule has 0 aromatic carbocycles. The van der Waals surface area contributed by atoms with Crippen molar-refractivity contribution in [2.75, 3.05) is 0 Å². The lowest BCUT2D eigenvalue weighted by atomic mass is 9.77. The molecule has 0 N–H and O–H groups in total. The van der Waals surface area contributed by atoms with Crippen molar-refractivity contribution >= 4 is 11.8 Å². The third-order valence-electron chi connectivity index (χ3n) is 3.66. The molecule has 3 unspecified atom stereocenters. The van der Waals surface area contributed by atoms with Crippen molar-refractivity contribution < 1.29 is 0 Å². The van der Waals surface area contributed by atoms with Gasteiger partial charge < -0.3 is 0 Å². The highest BCUT2D eigenvalue weighted by Crippen LogP contribution is 2.60. The van der Waals surface area contributed by atoms with Gasteiger partial charge in [-0.25, -0.2) is 0 Å². The van der Waals surface area contributed by atoms with Crippen LogP contribution in [0, 0.1) is 5.92 Å². The predicted molar refractivity (Wildman–Crippen MR) is 72.4 cm³/mol. The smallest absolute Gasteiger partial charge is 0.0410 e. The normalized spacial score (nSPS) is 34.7. The van der Waals surface area contributed by atoms with Crippen LogP contribution in [0.5, 0.6) is 0 Å². The van der Waals surface area contributed by atoms with Crippen LogP contribution in [-0.2, 0) is 0 Å². The van der Waals surface area contributed by atoms with E-state index in [4.69, 9.17) is 0 Å². The average molecular weight is 224 g/mol. The molecule has 0 aromatic heterocycles. The highest BCUT2D eigenvalue weighted by molar-refractivity contribution is 8.03. The molecular weight excluding hydrogens is 200 g/mol. The lowest BCUT2D eigenvalue weighted by Crippen LogP contribution is -2.51. The molecule has 1 heterocycles. The summed E-state index contributed by atoms with van der Waals surface area (Å²) in [7, 11) is 0. The van der Waals surface area contributed by atoms with E-state index in [1.807, 2.05) is 0 Å². The second kappa shape index (κ2) is 4.78. The van der Waals surface area contributed by atoms with Crippen molar-refractivity contribution in [1.29, 1.82) is 0 Å². The van der Waals surface area contributed by atoms with Crippen molar-refractivity contribution in [2.45, 2.75) is 57.0 Å². The molecule has 1 aliphatic heterocycles. The van der Waals surface area contributed by atoms with Crippen molar-refractivity contribution in [1.82, 2.24) is 0 Å². The minimum atomic E-state index is 0.354. The Kier molecular flexibility index (Phi) is 4.11. The molecule has 0 spiro atoms. The van der Waals surface area contributed by atoms with E-state index in [-0.39, 0.29) is 0 Å². The molecule has 0 nitrogen and oxygen atoms in total. The molecule has 1 heteroatoms. The van der Waals surface area contributed by atoms with Gasteiger partial charge in [-0.1, -0.05) is 51.5 Å². The summed E-state index contributed by atoms with van der Waals surface area (Å²) in [5.74, 6) is 0.715. The third-order valence-corrected chi connectivity index (χ3v) is 6.01. The molecule has 0 saturated carbocycles. The van der Waals surface area contributed by atoms with E-state index in [0.29, 0.717) is 15.9 Å². The minimum Gasteiger partial charge on any atom is -0.142 e. The van der Waals surface area contributed by atoms with Crippen molar-refractivity contribution in [3.63, 3.8) is 0 Å². The molecule has 1 saturated heterocycles. The van der Waals surface area contributed by atoms with Gasteiger partial charge in [-0.05, 0) is 25.7 Å². The van der Waals surface area contributed by atoms with Crippen LogP contribution in [0.25, 0.3) is 0 Å². The fraction of sp³-hybridized carbons (Fsp3) is 0.714. The Morgan fingerprint density at radius 1 is 1.33 bits per heavy atom.